The molecule has 2 aromatic carbocycles. The summed E-state index contributed by atoms with van der Waals surface area (Å²) in [5.41, 5.74) is 3.71. The number of nitrogens with zero attached hydrogens (tertiary/aromatic N) is 2. The van der Waals surface area contributed by atoms with E-state index in [2.05, 4.69) is 52.9 Å². The highest BCUT2D eigenvalue weighted by Crippen LogP contribution is 2.27. The van der Waals surface area contributed by atoms with E-state index in [9.17, 15) is 8.42 Å². The maximum Gasteiger partial charge on any atom is 0.243 e. The lowest BCUT2D eigenvalue weighted by atomic mass is 10.1. The van der Waals surface area contributed by atoms with E-state index in [4.69, 9.17) is 0 Å². The van der Waals surface area contributed by atoms with Crippen molar-refractivity contribution in [1.29, 1.82) is 0 Å². The Hall–Kier alpha value is -1.37. The lowest BCUT2D eigenvalue weighted by molar-refractivity contribution is 0.384. The zero-order chi connectivity index (χ0) is 17.3. The molecule has 0 aliphatic carbocycles. The second-order valence-electron chi connectivity index (χ2n) is 6.09. The van der Waals surface area contributed by atoms with Gasteiger partial charge in [0.05, 0.1) is 4.90 Å². The van der Waals surface area contributed by atoms with Crippen molar-refractivity contribution >= 4 is 31.6 Å². The van der Waals surface area contributed by atoms with E-state index in [0.29, 0.717) is 31.1 Å². The van der Waals surface area contributed by atoms with E-state index < -0.39 is 10.0 Å². The van der Waals surface area contributed by atoms with Gasteiger partial charge in [0, 0.05) is 36.3 Å². The predicted molar refractivity (Wildman–Crippen MR) is 101 cm³/mol. The van der Waals surface area contributed by atoms with Gasteiger partial charge in [0.15, 0.2) is 0 Å². The van der Waals surface area contributed by atoms with Crippen molar-refractivity contribution < 1.29 is 8.42 Å². The van der Waals surface area contributed by atoms with Crippen molar-refractivity contribution in [3.63, 3.8) is 0 Å². The first kappa shape index (κ1) is 17.5. The average molecular weight is 409 g/mol. The summed E-state index contributed by atoms with van der Waals surface area (Å²) < 4.78 is 28.0. The first-order chi connectivity index (χ1) is 11.4. The molecule has 0 N–H and O–H groups in total. The lowest BCUT2D eigenvalue weighted by Crippen LogP contribution is -2.49. The van der Waals surface area contributed by atoms with Crippen LogP contribution in [0.4, 0.5) is 5.69 Å². The molecule has 1 heterocycles. The molecule has 0 radical (unpaired) electrons. The summed E-state index contributed by atoms with van der Waals surface area (Å²) in [5, 5.41) is 0. The minimum absolute atomic E-state index is 0.353. The van der Waals surface area contributed by atoms with Crippen molar-refractivity contribution in [3.8, 4) is 0 Å². The first-order valence-electron chi connectivity index (χ1n) is 7.96. The monoisotopic (exact) mass is 408 g/mol. The van der Waals surface area contributed by atoms with Gasteiger partial charge in [0.1, 0.15) is 0 Å². The Morgan fingerprint density at radius 3 is 1.96 bits per heavy atom. The molecule has 0 aromatic heterocycles. The molecule has 0 bridgehead atoms. The van der Waals surface area contributed by atoms with Gasteiger partial charge < -0.3 is 4.90 Å². The summed E-state index contributed by atoms with van der Waals surface area (Å²) in [4.78, 5) is 2.64. The standard InChI is InChI=1S/C18H21BrN2O2S/c1-14-4-3-5-15(2)18(14)20-10-12-21(13-11-20)24(22,23)17-8-6-16(19)7-9-17/h3-9H,10-13H2,1-2H3. The topological polar surface area (TPSA) is 40.6 Å². The molecule has 0 saturated carbocycles. The van der Waals surface area contributed by atoms with Crippen LogP contribution < -0.4 is 4.90 Å². The van der Waals surface area contributed by atoms with Crippen LogP contribution in [0.15, 0.2) is 51.8 Å². The van der Waals surface area contributed by atoms with Crippen molar-refractivity contribution in [2.24, 2.45) is 0 Å². The van der Waals surface area contributed by atoms with Crippen LogP contribution in [0.1, 0.15) is 11.1 Å². The van der Waals surface area contributed by atoms with Crippen LogP contribution in [0, 0.1) is 13.8 Å². The van der Waals surface area contributed by atoms with E-state index in [0.717, 1.165) is 4.47 Å². The second-order valence-corrected chi connectivity index (χ2v) is 8.94. The van der Waals surface area contributed by atoms with Gasteiger partial charge >= 0.3 is 0 Å². The lowest BCUT2D eigenvalue weighted by Gasteiger charge is -2.36. The maximum absolute atomic E-state index is 12.8. The Kier molecular flexibility index (Phi) is 4.99. The molecule has 1 aliphatic heterocycles. The highest BCUT2D eigenvalue weighted by molar-refractivity contribution is 9.10. The summed E-state index contributed by atoms with van der Waals surface area (Å²) in [6.07, 6.45) is 0. The van der Waals surface area contributed by atoms with Gasteiger partial charge in [-0.15, -0.1) is 0 Å². The molecule has 0 unspecified atom stereocenters. The largest absolute Gasteiger partial charge is 0.368 e. The van der Waals surface area contributed by atoms with Gasteiger partial charge in [-0.25, -0.2) is 8.42 Å². The van der Waals surface area contributed by atoms with Crippen LogP contribution in [0.2, 0.25) is 0 Å². The predicted octanol–water partition coefficient (Wildman–Crippen LogP) is 3.58. The average Bonchev–Trinajstić information content (AvgIpc) is 2.55. The molecule has 24 heavy (non-hydrogen) atoms. The molecular formula is C18H21BrN2O2S. The number of hydrogen-bond acceptors (Lipinski definition) is 3. The van der Waals surface area contributed by atoms with Crippen molar-refractivity contribution in [2.45, 2.75) is 18.7 Å². The minimum Gasteiger partial charge on any atom is -0.368 e. The third-order valence-corrected chi connectivity index (χ3v) is 6.89. The number of sulfonamides is 1. The molecular weight excluding hydrogens is 388 g/mol. The third kappa shape index (κ3) is 3.36. The van der Waals surface area contributed by atoms with Crippen LogP contribution >= 0.6 is 15.9 Å². The second kappa shape index (κ2) is 6.86. The van der Waals surface area contributed by atoms with Gasteiger partial charge in [-0.2, -0.15) is 4.31 Å². The quantitative estimate of drug-likeness (QED) is 0.778. The van der Waals surface area contributed by atoms with Gasteiger partial charge in [-0.1, -0.05) is 34.1 Å². The zero-order valence-corrected chi connectivity index (χ0v) is 16.3. The zero-order valence-electron chi connectivity index (χ0n) is 13.9. The Labute approximate surface area is 152 Å². The van der Waals surface area contributed by atoms with Crippen LogP contribution in [-0.4, -0.2) is 38.9 Å². The molecule has 6 heteroatoms. The van der Waals surface area contributed by atoms with Crippen LogP contribution in [0.3, 0.4) is 0 Å². The molecule has 0 spiro atoms. The SMILES string of the molecule is Cc1cccc(C)c1N1CCN(S(=O)(=O)c2ccc(Br)cc2)CC1. The molecule has 3 rings (SSSR count). The van der Waals surface area contributed by atoms with Gasteiger partial charge in [-0.05, 0) is 49.2 Å². The number of piperazine rings is 1. The highest BCUT2D eigenvalue weighted by Gasteiger charge is 2.29. The van der Waals surface area contributed by atoms with E-state index >= 15 is 0 Å². The molecule has 1 fully saturated rings. The fourth-order valence-electron chi connectivity index (χ4n) is 3.21. The molecule has 0 amide bonds. The third-order valence-electron chi connectivity index (χ3n) is 4.45. The molecule has 0 atom stereocenters. The van der Waals surface area contributed by atoms with E-state index in [-0.39, 0.29) is 0 Å². The van der Waals surface area contributed by atoms with Gasteiger partial charge in [0.2, 0.25) is 10.0 Å². The summed E-state index contributed by atoms with van der Waals surface area (Å²) in [6, 6.07) is 13.1. The Bertz CT molecular complexity index is 806. The summed E-state index contributed by atoms with van der Waals surface area (Å²) >= 11 is 3.34. The van der Waals surface area contributed by atoms with Crippen molar-refractivity contribution in [2.75, 3.05) is 31.1 Å². The number of para-hydroxylation sites is 1. The Morgan fingerprint density at radius 1 is 0.875 bits per heavy atom. The fraction of sp³-hybridized carbons (Fsp3) is 0.333. The smallest absolute Gasteiger partial charge is 0.243 e. The number of anilines is 1. The van der Waals surface area contributed by atoms with E-state index in [1.165, 1.54) is 16.8 Å². The Balaban J connectivity index is 1.76. The number of halogens is 1. The number of hydrogen-bond donors (Lipinski definition) is 0. The summed E-state index contributed by atoms with van der Waals surface area (Å²) in [7, 11) is -3.42. The maximum atomic E-state index is 12.8. The van der Waals surface area contributed by atoms with Crippen LogP contribution in [0.5, 0.6) is 0 Å². The van der Waals surface area contributed by atoms with Gasteiger partial charge in [0.25, 0.3) is 0 Å². The Morgan fingerprint density at radius 2 is 1.42 bits per heavy atom. The number of rotatable bonds is 3. The van der Waals surface area contributed by atoms with E-state index in [1.54, 1.807) is 28.6 Å². The summed E-state index contributed by atoms with van der Waals surface area (Å²) in [6.45, 7) is 6.64. The number of aryl methyl sites for hydroxylation is 2. The molecule has 128 valence electrons. The summed E-state index contributed by atoms with van der Waals surface area (Å²) in [5.74, 6) is 0. The first-order valence-corrected chi connectivity index (χ1v) is 10.2. The number of benzene rings is 2. The van der Waals surface area contributed by atoms with Crippen LogP contribution in [-0.2, 0) is 10.0 Å². The molecule has 4 nitrogen and oxygen atoms in total. The fourth-order valence-corrected chi connectivity index (χ4v) is 4.90. The van der Waals surface area contributed by atoms with Crippen molar-refractivity contribution in [1.82, 2.24) is 4.31 Å². The van der Waals surface area contributed by atoms with Gasteiger partial charge in [-0.3, -0.25) is 0 Å². The van der Waals surface area contributed by atoms with Crippen molar-refractivity contribution in [3.05, 3.63) is 58.1 Å². The minimum atomic E-state index is -3.42. The van der Waals surface area contributed by atoms with E-state index in [1.807, 2.05) is 0 Å². The highest BCUT2D eigenvalue weighted by atomic mass is 79.9. The molecule has 1 aliphatic rings. The van der Waals surface area contributed by atoms with Crippen LogP contribution in [0.25, 0.3) is 0 Å². The molecule has 2 aromatic rings. The molecule has 1 saturated heterocycles. The normalized spacial score (nSPS) is 16.4.